The van der Waals surface area contributed by atoms with Crippen LogP contribution in [0.3, 0.4) is 0 Å². The normalized spacial score (nSPS) is 13.9. The lowest BCUT2D eigenvalue weighted by molar-refractivity contribution is 0.0238. The Morgan fingerprint density at radius 3 is 2.33 bits per heavy atom. The van der Waals surface area contributed by atoms with E-state index in [0.717, 1.165) is 43.0 Å². The SMILES string of the molecule is C#Cc1cc(C(=O)OC(CNCc2cccc(NC3CC3)c2)C(N)Cc2cc(F)cc(F)c2)cc(C(=O)N(CCC)CCC)c1. The van der Waals surface area contributed by atoms with E-state index in [9.17, 15) is 18.4 Å². The van der Waals surface area contributed by atoms with Crippen molar-refractivity contribution in [1.29, 1.82) is 0 Å². The van der Waals surface area contributed by atoms with Crippen LogP contribution in [0.4, 0.5) is 14.5 Å². The van der Waals surface area contributed by atoms with Gasteiger partial charge in [0, 0.05) is 61.1 Å². The van der Waals surface area contributed by atoms with Crippen LogP contribution in [0.1, 0.15) is 76.9 Å². The average Bonchev–Trinajstić information content (AvgIpc) is 3.83. The molecule has 1 aliphatic rings. The van der Waals surface area contributed by atoms with Gasteiger partial charge in [-0.15, -0.1) is 6.42 Å². The molecule has 0 radical (unpaired) electrons. The van der Waals surface area contributed by atoms with Gasteiger partial charge in [-0.05, 0) is 85.7 Å². The Balaban J connectivity index is 1.53. The first kappa shape index (κ1) is 33.6. The van der Waals surface area contributed by atoms with Crippen molar-refractivity contribution in [2.24, 2.45) is 5.73 Å². The first-order valence-electron chi connectivity index (χ1n) is 15.6. The number of carbonyl (C=O) groups excluding carboxylic acids is 2. The summed E-state index contributed by atoms with van der Waals surface area (Å²) in [6.45, 7) is 5.80. The zero-order chi connectivity index (χ0) is 32.3. The maximum Gasteiger partial charge on any atom is 0.338 e. The van der Waals surface area contributed by atoms with Gasteiger partial charge in [0.15, 0.2) is 0 Å². The molecule has 1 fully saturated rings. The van der Waals surface area contributed by atoms with Crippen LogP contribution in [0, 0.1) is 24.0 Å². The molecule has 0 saturated heterocycles. The van der Waals surface area contributed by atoms with E-state index < -0.39 is 29.7 Å². The van der Waals surface area contributed by atoms with Crippen molar-refractivity contribution < 1.29 is 23.1 Å². The Morgan fingerprint density at radius 1 is 1.00 bits per heavy atom. The predicted molar refractivity (Wildman–Crippen MR) is 173 cm³/mol. The third-order valence-electron chi connectivity index (χ3n) is 7.54. The minimum absolute atomic E-state index is 0.0617. The summed E-state index contributed by atoms with van der Waals surface area (Å²) in [4.78, 5) is 28.6. The monoisotopic (exact) mass is 616 g/mol. The summed E-state index contributed by atoms with van der Waals surface area (Å²) >= 11 is 0. The Hall–Kier alpha value is -4.26. The van der Waals surface area contributed by atoms with Crippen molar-refractivity contribution in [2.75, 3.05) is 25.0 Å². The predicted octanol–water partition coefficient (Wildman–Crippen LogP) is 5.67. The molecule has 1 aliphatic carbocycles. The molecule has 0 aromatic heterocycles. The number of carbonyl (C=O) groups is 2. The first-order chi connectivity index (χ1) is 21.7. The standard InChI is InChI=1S/C36H42F2N4O3/c1-4-12-42(13-5-2)35(43)27-14-24(6-3)15-28(20-27)36(44)45-34(33(39)19-26-16-29(37)21-30(38)17-26)23-40-22-25-8-7-9-32(18-25)41-31-10-11-31/h3,7-9,14-18,20-21,31,33-34,40-41H,4-5,10-13,19,22-23,39H2,1-2H3. The Labute approximate surface area is 264 Å². The molecule has 0 spiro atoms. The third-order valence-corrected chi connectivity index (χ3v) is 7.54. The highest BCUT2D eigenvalue weighted by molar-refractivity contribution is 5.98. The summed E-state index contributed by atoms with van der Waals surface area (Å²) < 4.78 is 33.8. The van der Waals surface area contributed by atoms with Gasteiger partial charge in [0.05, 0.1) is 5.56 Å². The Bertz CT molecular complexity index is 1490. The molecule has 0 bridgehead atoms. The van der Waals surface area contributed by atoms with Gasteiger partial charge >= 0.3 is 5.97 Å². The highest BCUT2D eigenvalue weighted by Gasteiger charge is 2.26. The van der Waals surface area contributed by atoms with Crippen LogP contribution >= 0.6 is 0 Å². The first-order valence-corrected chi connectivity index (χ1v) is 15.6. The molecule has 7 nitrogen and oxygen atoms in total. The van der Waals surface area contributed by atoms with E-state index in [1.54, 1.807) is 11.0 Å². The van der Waals surface area contributed by atoms with E-state index in [2.05, 4.69) is 22.6 Å². The number of hydrogen-bond acceptors (Lipinski definition) is 6. The molecule has 4 rings (SSSR count). The zero-order valence-electron chi connectivity index (χ0n) is 26.0. The van der Waals surface area contributed by atoms with Crippen LogP contribution in [0.5, 0.6) is 0 Å². The van der Waals surface area contributed by atoms with Gasteiger partial charge < -0.3 is 26.0 Å². The summed E-state index contributed by atoms with van der Waals surface area (Å²) in [5.74, 6) is 0.166. The van der Waals surface area contributed by atoms with E-state index in [1.165, 1.54) is 24.3 Å². The molecular weight excluding hydrogens is 574 g/mol. The van der Waals surface area contributed by atoms with E-state index in [-0.39, 0.29) is 24.4 Å². The molecule has 1 saturated carbocycles. The fourth-order valence-corrected chi connectivity index (χ4v) is 5.20. The highest BCUT2D eigenvalue weighted by atomic mass is 19.1. The number of anilines is 1. The van der Waals surface area contributed by atoms with Crippen LogP contribution in [-0.4, -0.2) is 54.6 Å². The Morgan fingerprint density at radius 2 is 1.69 bits per heavy atom. The lowest BCUT2D eigenvalue weighted by Gasteiger charge is -2.25. The summed E-state index contributed by atoms with van der Waals surface area (Å²) in [6.07, 6.45) is 8.78. The second kappa shape index (κ2) is 16.2. The largest absolute Gasteiger partial charge is 0.456 e. The summed E-state index contributed by atoms with van der Waals surface area (Å²) in [5.41, 5.74) is 9.72. The molecule has 2 unspecified atom stereocenters. The number of nitrogens with two attached hydrogens (primary N) is 1. The molecule has 0 heterocycles. The number of hydrogen-bond donors (Lipinski definition) is 3. The van der Waals surface area contributed by atoms with E-state index >= 15 is 0 Å². The van der Waals surface area contributed by atoms with Crippen molar-refractivity contribution in [3.8, 4) is 12.3 Å². The van der Waals surface area contributed by atoms with Gasteiger partial charge in [-0.3, -0.25) is 4.79 Å². The molecule has 4 N–H and O–H groups in total. The number of ether oxygens (including phenoxy) is 1. The highest BCUT2D eigenvalue weighted by Crippen LogP contribution is 2.25. The van der Waals surface area contributed by atoms with Gasteiger partial charge in [0.2, 0.25) is 0 Å². The van der Waals surface area contributed by atoms with Crippen molar-refractivity contribution in [3.63, 3.8) is 0 Å². The number of rotatable bonds is 16. The van der Waals surface area contributed by atoms with Crippen molar-refractivity contribution in [1.82, 2.24) is 10.2 Å². The summed E-state index contributed by atoms with van der Waals surface area (Å²) in [7, 11) is 0. The second-order valence-electron chi connectivity index (χ2n) is 11.6. The number of terminal acetylenes is 1. The van der Waals surface area contributed by atoms with Crippen LogP contribution in [0.15, 0.2) is 60.7 Å². The summed E-state index contributed by atoms with van der Waals surface area (Å²) in [6, 6.07) is 15.6. The maximum absolute atomic E-state index is 13.9. The van der Waals surface area contributed by atoms with Crippen LogP contribution < -0.4 is 16.4 Å². The maximum atomic E-state index is 13.9. The second-order valence-corrected chi connectivity index (χ2v) is 11.6. The molecule has 3 aromatic carbocycles. The minimum atomic E-state index is -0.873. The lowest BCUT2D eigenvalue weighted by Crippen LogP contribution is -2.46. The van der Waals surface area contributed by atoms with Crippen LogP contribution in [-0.2, 0) is 17.7 Å². The average molecular weight is 617 g/mol. The van der Waals surface area contributed by atoms with Gasteiger partial charge in [-0.2, -0.15) is 0 Å². The number of amides is 1. The quantitative estimate of drug-likeness (QED) is 0.142. The number of halogens is 2. The van der Waals surface area contributed by atoms with Gasteiger partial charge in [-0.1, -0.05) is 31.9 Å². The van der Waals surface area contributed by atoms with Gasteiger partial charge in [-0.25, -0.2) is 13.6 Å². The van der Waals surface area contributed by atoms with Crippen LogP contribution in [0.2, 0.25) is 0 Å². The number of nitrogens with zero attached hydrogens (tertiary/aromatic N) is 1. The van der Waals surface area contributed by atoms with E-state index in [0.29, 0.717) is 42.4 Å². The van der Waals surface area contributed by atoms with Gasteiger partial charge in [0.25, 0.3) is 5.91 Å². The van der Waals surface area contributed by atoms with Gasteiger partial charge in [0.1, 0.15) is 17.7 Å². The minimum Gasteiger partial charge on any atom is -0.456 e. The van der Waals surface area contributed by atoms with E-state index in [4.69, 9.17) is 16.9 Å². The third kappa shape index (κ3) is 10.1. The molecular formula is C36H42F2N4O3. The molecule has 0 aliphatic heterocycles. The molecule has 3 aromatic rings. The molecule has 1 amide bonds. The van der Waals surface area contributed by atoms with Crippen molar-refractivity contribution in [2.45, 2.75) is 70.7 Å². The lowest BCUT2D eigenvalue weighted by atomic mass is 10.0. The topological polar surface area (TPSA) is 96.7 Å². The molecule has 2 atom stereocenters. The number of nitrogens with one attached hydrogen (secondary N) is 2. The van der Waals surface area contributed by atoms with Crippen molar-refractivity contribution >= 4 is 17.6 Å². The zero-order valence-corrected chi connectivity index (χ0v) is 26.0. The number of esters is 1. The Kier molecular flexibility index (Phi) is 12.1. The van der Waals surface area contributed by atoms with Crippen molar-refractivity contribution in [3.05, 3.63) is 100 Å². The van der Waals surface area contributed by atoms with Crippen LogP contribution in [0.25, 0.3) is 0 Å². The number of benzene rings is 3. The fraction of sp³-hybridized carbons (Fsp3) is 0.389. The summed E-state index contributed by atoms with van der Waals surface area (Å²) in [5, 5.41) is 6.79. The fourth-order valence-electron chi connectivity index (χ4n) is 5.20. The molecule has 9 heteroatoms. The van der Waals surface area contributed by atoms with E-state index in [1.807, 2.05) is 32.0 Å². The molecule has 45 heavy (non-hydrogen) atoms. The molecule has 238 valence electrons. The smallest absolute Gasteiger partial charge is 0.338 e.